The number of fused-ring (bicyclic) bond motifs is 1. The van der Waals surface area contributed by atoms with E-state index in [1.165, 1.54) is 5.56 Å². The Labute approximate surface area is 143 Å². The van der Waals surface area contributed by atoms with Crippen LogP contribution in [0.5, 0.6) is 11.5 Å². The van der Waals surface area contributed by atoms with Crippen LogP contribution in [-0.2, 0) is 11.2 Å². The normalized spacial score (nSPS) is 16.1. The average Bonchev–Trinajstić information content (AvgIpc) is 2.59. The van der Waals surface area contributed by atoms with Crippen molar-refractivity contribution in [2.45, 2.75) is 6.42 Å². The molecular formula is C18H18BrNO3. The first-order valence-corrected chi connectivity index (χ1v) is 8.36. The Morgan fingerprint density at radius 3 is 2.83 bits per heavy atom. The van der Waals surface area contributed by atoms with Crippen LogP contribution in [0.3, 0.4) is 0 Å². The number of carbonyl (C=O) groups excluding carboxylic acids is 1. The maximum Gasteiger partial charge on any atom is 0.257 e. The average molecular weight is 376 g/mol. The smallest absolute Gasteiger partial charge is 0.257 e. The highest BCUT2D eigenvalue weighted by Crippen LogP contribution is 2.26. The largest absolute Gasteiger partial charge is 0.493 e. The van der Waals surface area contributed by atoms with Gasteiger partial charge in [0.05, 0.1) is 6.61 Å². The molecule has 0 bridgehead atoms. The van der Waals surface area contributed by atoms with Crippen molar-refractivity contribution >= 4 is 21.8 Å². The van der Waals surface area contributed by atoms with Gasteiger partial charge in [0.25, 0.3) is 5.91 Å². The molecular weight excluding hydrogens is 358 g/mol. The Bertz CT molecular complexity index is 672. The lowest BCUT2D eigenvalue weighted by Crippen LogP contribution is -2.37. The Hall–Kier alpha value is -2.01. The van der Waals surface area contributed by atoms with Crippen molar-refractivity contribution in [3.63, 3.8) is 0 Å². The van der Waals surface area contributed by atoms with E-state index in [1.54, 1.807) is 0 Å². The van der Waals surface area contributed by atoms with E-state index >= 15 is 0 Å². The number of nitrogens with one attached hydrogen (secondary N) is 1. The molecule has 0 aliphatic carbocycles. The molecule has 0 aromatic heterocycles. The van der Waals surface area contributed by atoms with E-state index in [-0.39, 0.29) is 12.5 Å². The maximum atomic E-state index is 11.9. The standard InChI is InChI=1S/C18H18BrNO3/c19-15-5-7-16(8-6-15)22-12-18(21)20-10-13-9-14-3-1-2-4-17(14)23-11-13/h1-8,13H,9-12H2,(H,20,21). The predicted octanol–water partition coefficient (Wildman–Crippen LogP) is 3.20. The molecule has 4 nitrogen and oxygen atoms in total. The fourth-order valence-corrected chi connectivity index (χ4v) is 2.78. The van der Waals surface area contributed by atoms with E-state index in [0.717, 1.165) is 16.6 Å². The SMILES string of the molecule is O=C(COc1ccc(Br)cc1)NCC1COc2ccccc2C1. The number of carbonyl (C=O) groups is 1. The molecule has 1 heterocycles. The van der Waals surface area contributed by atoms with Gasteiger partial charge >= 0.3 is 0 Å². The van der Waals surface area contributed by atoms with E-state index in [9.17, 15) is 4.79 Å². The van der Waals surface area contributed by atoms with Crippen LogP contribution < -0.4 is 14.8 Å². The van der Waals surface area contributed by atoms with E-state index in [1.807, 2.05) is 42.5 Å². The molecule has 0 fully saturated rings. The zero-order valence-electron chi connectivity index (χ0n) is 12.6. The third kappa shape index (κ3) is 4.48. The summed E-state index contributed by atoms with van der Waals surface area (Å²) in [5, 5.41) is 2.91. The van der Waals surface area contributed by atoms with E-state index in [4.69, 9.17) is 9.47 Å². The highest BCUT2D eigenvalue weighted by molar-refractivity contribution is 9.10. The second-order valence-electron chi connectivity index (χ2n) is 5.54. The number of rotatable bonds is 5. The topological polar surface area (TPSA) is 47.6 Å². The van der Waals surface area contributed by atoms with E-state index in [0.29, 0.717) is 24.8 Å². The van der Waals surface area contributed by atoms with Crippen LogP contribution in [-0.4, -0.2) is 25.7 Å². The Kier molecular flexibility index (Phi) is 5.18. The molecule has 1 aliphatic heterocycles. The molecule has 1 aliphatic rings. The molecule has 2 aromatic rings. The summed E-state index contributed by atoms with van der Waals surface area (Å²) < 4.78 is 12.2. The van der Waals surface area contributed by atoms with Crippen LogP contribution in [0.25, 0.3) is 0 Å². The van der Waals surface area contributed by atoms with Crippen LogP contribution in [0.1, 0.15) is 5.56 Å². The van der Waals surface area contributed by atoms with Crippen molar-refractivity contribution in [1.29, 1.82) is 0 Å². The highest BCUT2D eigenvalue weighted by Gasteiger charge is 2.19. The maximum absolute atomic E-state index is 11.9. The summed E-state index contributed by atoms with van der Waals surface area (Å²) >= 11 is 3.36. The van der Waals surface area contributed by atoms with E-state index < -0.39 is 0 Å². The van der Waals surface area contributed by atoms with Gasteiger partial charge in [-0.1, -0.05) is 34.1 Å². The monoisotopic (exact) mass is 375 g/mol. The molecule has 23 heavy (non-hydrogen) atoms. The Balaban J connectivity index is 1.42. The minimum Gasteiger partial charge on any atom is -0.493 e. The number of benzene rings is 2. The minimum absolute atomic E-state index is 0.0196. The van der Waals surface area contributed by atoms with Gasteiger partial charge in [0.15, 0.2) is 6.61 Å². The zero-order chi connectivity index (χ0) is 16.1. The third-order valence-electron chi connectivity index (χ3n) is 3.73. The van der Waals surface area contributed by atoms with Crippen LogP contribution in [0.15, 0.2) is 53.0 Å². The van der Waals surface area contributed by atoms with Crippen LogP contribution in [0.2, 0.25) is 0 Å². The number of ether oxygens (including phenoxy) is 2. The number of amides is 1. The first-order valence-electron chi connectivity index (χ1n) is 7.56. The van der Waals surface area contributed by atoms with Crippen molar-refractivity contribution in [2.24, 2.45) is 5.92 Å². The van der Waals surface area contributed by atoms with Crippen molar-refractivity contribution in [2.75, 3.05) is 19.8 Å². The lowest BCUT2D eigenvalue weighted by molar-refractivity contribution is -0.123. The van der Waals surface area contributed by atoms with E-state index in [2.05, 4.69) is 27.3 Å². The Morgan fingerprint density at radius 2 is 2.00 bits per heavy atom. The first kappa shape index (κ1) is 15.9. The molecule has 120 valence electrons. The van der Waals surface area contributed by atoms with Crippen molar-refractivity contribution < 1.29 is 14.3 Å². The highest BCUT2D eigenvalue weighted by atomic mass is 79.9. The van der Waals surface area contributed by atoms with Gasteiger partial charge in [-0.2, -0.15) is 0 Å². The van der Waals surface area contributed by atoms with Gasteiger partial charge in [0.2, 0.25) is 0 Å². The molecule has 1 N–H and O–H groups in total. The lowest BCUT2D eigenvalue weighted by Gasteiger charge is -2.25. The molecule has 1 amide bonds. The second kappa shape index (κ2) is 7.51. The van der Waals surface area contributed by atoms with Crippen LogP contribution in [0, 0.1) is 5.92 Å². The summed E-state index contributed by atoms with van der Waals surface area (Å²) in [7, 11) is 0. The molecule has 3 rings (SSSR count). The number of halogens is 1. The predicted molar refractivity (Wildman–Crippen MR) is 91.8 cm³/mol. The van der Waals surface area contributed by atoms with Gasteiger partial charge in [-0.3, -0.25) is 4.79 Å². The molecule has 0 spiro atoms. The summed E-state index contributed by atoms with van der Waals surface area (Å²) in [6, 6.07) is 15.4. The fourth-order valence-electron chi connectivity index (χ4n) is 2.51. The molecule has 5 heteroatoms. The molecule has 1 atom stereocenters. The molecule has 2 aromatic carbocycles. The summed E-state index contributed by atoms with van der Waals surface area (Å²) in [6.07, 6.45) is 0.921. The third-order valence-corrected chi connectivity index (χ3v) is 4.26. The first-order chi connectivity index (χ1) is 11.2. The van der Waals surface area contributed by atoms with Gasteiger partial charge in [0.1, 0.15) is 11.5 Å². The molecule has 0 saturated heterocycles. The van der Waals surface area contributed by atoms with Gasteiger partial charge in [0, 0.05) is 16.9 Å². The quantitative estimate of drug-likeness (QED) is 0.872. The molecule has 1 unspecified atom stereocenters. The van der Waals surface area contributed by atoms with Gasteiger partial charge in [-0.25, -0.2) is 0 Å². The van der Waals surface area contributed by atoms with Crippen LogP contribution >= 0.6 is 15.9 Å². The summed E-state index contributed by atoms with van der Waals surface area (Å²) in [6.45, 7) is 1.24. The minimum atomic E-state index is -0.119. The number of hydrogen-bond acceptors (Lipinski definition) is 3. The van der Waals surface area contributed by atoms with Crippen molar-refractivity contribution in [3.8, 4) is 11.5 Å². The van der Waals surface area contributed by atoms with Crippen LogP contribution in [0.4, 0.5) is 0 Å². The molecule has 0 radical (unpaired) electrons. The Morgan fingerprint density at radius 1 is 1.22 bits per heavy atom. The van der Waals surface area contributed by atoms with Gasteiger partial charge in [-0.15, -0.1) is 0 Å². The lowest BCUT2D eigenvalue weighted by atomic mass is 9.97. The number of hydrogen-bond donors (Lipinski definition) is 1. The molecule has 0 saturated carbocycles. The van der Waals surface area contributed by atoms with Gasteiger partial charge in [-0.05, 0) is 42.3 Å². The van der Waals surface area contributed by atoms with Crippen molar-refractivity contribution in [3.05, 3.63) is 58.6 Å². The number of para-hydroxylation sites is 1. The summed E-state index contributed by atoms with van der Waals surface area (Å²) in [5.74, 6) is 1.81. The van der Waals surface area contributed by atoms with Crippen molar-refractivity contribution in [1.82, 2.24) is 5.32 Å². The second-order valence-corrected chi connectivity index (χ2v) is 6.45. The summed E-state index contributed by atoms with van der Waals surface area (Å²) in [4.78, 5) is 11.9. The summed E-state index contributed by atoms with van der Waals surface area (Å²) in [5.41, 5.74) is 1.20. The fraction of sp³-hybridized carbons (Fsp3) is 0.278. The van der Waals surface area contributed by atoms with Gasteiger partial charge < -0.3 is 14.8 Å². The zero-order valence-corrected chi connectivity index (χ0v) is 14.2.